The standard InChI is InChI=1S/C22H27N5OS/c1-17(2)19-8-6-18(7-9-19)15-25-11-13-26(14-12-25)21(28)16-29-22-24-23-20-5-3-4-10-27(20)22/h3-10,17H,11-16H2,1-2H3. The summed E-state index contributed by atoms with van der Waals surface area (Å²) >= 11 is 1.45. The van der Waals surface area contributed by atoms with Gasteiger partial charge >= 0.3 is 0 Å². The number of hydrogen-bond donors (Lipinski definition) is 0. The number of benzene rings is 1. The molecule has 0 saturated carbocycles. The van der Waals surface area contributed by atoms with Gasteiger partial charge in [-0.05, 0) is 29.2 Å². The fourth-order valence-corrected chi connectivity index (χ4v) is 4.38. The first-order chi connectivity index (χ1) is 14.1. The number of fused-ring (bicyclic) bond motifs is 1. The van der Waals surface area contributed by atoms with Gasteiger partial charge in [-0.3, -0.25) is 14.1 Å². The monoisotopic (exact) mass is 409 g/mol. The number of piperazine rings is 1. The van der Waals surface area contributed by atoms with Crippen LogP contribution < -0.4 is 0 Å². The normalized spacial score (nSPS) is 15.3. The van der Waals surface area contributed by atoms with Crippen molar-refractivity contribution in [2.24, 2.45) is 0 Å². The predicted octanol–water partition coefficient (Wildman–Crippen LogP) is 3.29. The Morgan fingerprint density at radius 2 is 1.79 bits per heavy atom. The number of carbonyl (C=O) groups is 1. The summed E-state index contributed by atoms with van der Waals surface area (Å²) < 4.78 is 1.92. The van der Waals surface area contributed by atoms with Gasteiger partial charge in [0.25, 0.3) is 0 Å². The number of nitrogens with zero attached hydrogens (tertiary/aromatic N) is 5. The van der Waals surface area contributed by atoms with Gasteiger partial charge in [-0.2, -0.15) is 0 Å². The summed E-state index contributed by atoms with van der Waals surface area (Å²) in [5, 5.41) is 9.08. The number of aromatic nitrogens is 3. The second-order valence-electron chi connectivity index (χ2n) is 7.75. The Kier molecular flexibility index (Phi) is 6.16. The maximum absolute atomic E-state index is 12.6. The van der Waals surface area contributed by atoms with Gasteiger partial charge in [-0.1, -0.05) is 55.9 Å². The molecular weight excluding hydrogens is 382 g/mol. The summed E-state index contributed by atoms with van der Waals surface area (Å²) in [6, 6.07) is 14.7. The van der Waals surface area contributed by atoms with Gasteiger partial charge in [-0.25, -0.2) is 0 Å². The van der Waals surface area contributed by atoms with Crippen LogP contribution in [0, 0.1) is 0 Å². The minimum atomic E-state index is 0.170. The number of rotatable bonds is 6. The second kappa shape index (κ2) is 8.97. The van der Waals surface area contributed by atoms with Crippen LogP contribution in [0.3, 0.4) is 0 Å². The molecule has 1 aromatic carbocycles. The lowest BCUT2D eigenvalue weighted by Gasteiger charge is -2.34. The molecule has 4 rings (SSSR count). The molecule has 1 aliphatic rings. The molecule has 0 radical (unpaired) electrons. The van der Waals surface area contributed by atoms with Crippen molar-refractivity contribution in [3.63, 3.8) is 0 Å². The van der Waals surface area contributed by atoms with E-state index in [4.69, 9.17) is 0 Å². The highest BCUT2D eigenvalue weighted by atomic mass is 32.2. The molecule has 1 saturated heterocycles. The van der Waals surface area contributed by atoms with Crippen LogP contribution in [-0.4, -0.2) is 62.2 Å². The van der Waals surface area contributed by atoms with Crippen LogP contribution in [0.1, 0.15) is 30.9 Å². The molecule has 0 N–H and O–H groups in total. The van der Waals surface area contributed by atoms with Crippen molar-refractivity contribution in [1.82, 2.24) is 24.4 Å². The van der Waals surface area contributed by atoms with Gasteiger partial charge in [0.2, 0.25) is 5.91 Å². The van der Waals surface area contributed by atoms with E-state index in [1.807, 2.05) is 33.7 Å². The minimum Gasteiger partial charge on any atom is -0.339 e. The quantitative estimate of drug-likeness (QED) is 0.585. The van der Waals surface area contributed by atoms with E-state index in [-0.39, 0.29) is 5.91 Å². The van der Waals surface area contributed by atoms with Crippen LogP contribution in [0.4, 0.5) is 0 Å². The van der Waals surface area contributed by atoms with Crippen LogP contribution in [0.25, 0.3) is 5.65 Å². The average Bonchev–Trinajstić information content (AvgIpc) is 3.16. The van der Waals surface area contributed by atoms with Crippen molar-refractivity contribution >= 4 is 23.3 Å². The van der Waals surface area contributed by atoms with E-state index < -0.39 is 0 Å². The van der Waals surface area contributed by atoms with Crippen molar-refractivity contribution in [2.75, 3.05) is 31.9 Å². The lowest BCUT2D eigenvalue weighted by atomic mass is 10.0. The van der Waals surface area contributed by atoms with Crippen molar-refractivity contribution in [2.45, 2.75) is 31.5 Å². The first-order valence-electron chi connectivity index (χ1n) is 10.1. The smallest absolute Gasteiger partial charge is 0.233 e. The Hall–Kier alpha value is -2.38. The lowest BCUT2D eigenvalue weighted by molar-refractivity contribution is -0.130. The molecule has 0 spiro atoms. The van der Waals surface area contributed by atoms with Crippen molar-refractivity contribution < 1.29 is 4.79 Å². The zero-order chi connectivity index (χ0) is 20.2. The van der Waals surface area contributed by atoms with E-state index in [9.17, 15) is 4.79 Å². The van der Waals surface area contributed by atoms with Crippen LogP contribution >= 0.6 is 11.8 Å². The first kappa shape index (κ1) is 19.9. The molecular formula is C22H27N5OS. The summed E-state index contributed by atoms with van der Waals surface area (Å²) in [7, 11) is 0. The van der Waals surface area contributed by atoms with Gasteiger partial charge in [0.15, 0.2) is 10.8 Å². The van der Waals surface area contributed by atoms with E-state index in [1.165, 1.54) is 22.9 Å². The van der Waals surface area contributed by atoms with Crippen LogP contribution in [-0.2, 0) is 11.3 Å². The van der Waals surface area contributed by atoms with Crippen molar-refractivity contribution in [1.29, 1.82) is 0 Å². The molecule has 0 unspecified atom stereocenters. The topological polar surface area (TPSA) is 53.7 Å². The maximum atomic E-state index is 12.6. The van der Waals surface area contributed by atoms with Crippen molar-refractivity contribution in [3.05, 3.63) is 59.8 Å². The summed E-state index contributed by atoms with van der Waals surface area (Å²) in [4.78, 5) is 17.0. The molecule has 0 atom stereocenters. The van der Waals surface area contributed by atoms with Gasteiger partial charge in [0.1, 0.15) is 0 Å². The molecule has 3 heterocycles. The maximum Gasteiger partial charge on any atom is 0.233 e. The fourth-order valence-electron chi connectivity index (χ4n) is 3.56. The summed E-state index contributed by atoms with van der Waals surface area (Å²) in [6.45, 7) is 8.77. The van der Waals surface area contributed by atoms with E-state index in [2.05, 4.69) is 53.2 Å². The van der Waals surface area contributed by atoms with Gasteiger partial charge in [0, 0.05) is 38.9 Å². The number of pyridine rings is 1. The van der Waals surface area contributed by atoms with E-state index in [0.717, 1.165) is 43.5 Å². The van der Waals surface area contributed by atoms with Crippen LogP contribution in [0.2, 0.25) is 0 Å². The predicted molar refractivity (Wildman–Crippen MR) is 116 cm³/mol. The third-order valence-electron chi connectivity index (χ3n) is 5.38. The summed E-state index contributed by atoms with van der Waals surface area (Å²) in [6.07, 6.45) is 1.93. The molecule has 29 heavy (non-hydrogen) atoms. The molecule has 2 aromatic heterocycles. The Labute approximate surface area is 175 Å². The molecule has 6 nitrogen and oxygen atoms in total. The summed E-state index contributed by atoms with van der Waals surface area (Å²) in [5.41, 5.74) is 3.52. The third kappa shape index (κ3) is 4.79. The molecule has 1 amide bonds. The third-order valence-corrected chi connectivity index (χ3v) is 6.31. The van der Waals surface area contributed by atoms with Crippen LogP contribution in [0.5, 0.6) is 0 Å². The van der Waals surface area contributed by atoms with E-state index in [0.29, 0.717) is 11.7 Å². The fraction of sp³-hybridized carbons (Fsp3) is 0.409. The largest absolute Gasteiger partial charge is 0.339 e. The van der Waals surface area contributed by atoms with Gasteiger partial charge in [0.05, 0.1) is 5.75 Å². The lowest BCUT2D eigenvalue weighted by Crippen LogP contribution is -2.48. The number of amides is 1. The minimum absolute atomic E-state index is 0.170. The highest BCUT2D eigenvalue weighted by Crippen LogP contribution is 2.19. The summed E-state index contributed by atoms with van der Waals surface area (Å²) in [5.74, 6) is 1.13. The number of hydrogen-bond acceptors (Lipinski definition) is 5. The zero-order valence-electron chi connectivity index (χ0n) is 17.0. The molecule has 1 fully saturated rings. The van der Waals surface area contributed by atoms with Crippen molar-refractivity contribution in [3.8, 4) is 0 Å². The number of carbonyl (C=O) groups excluding carboxylic acids is 1. The SMILES string of the molecule is CC(C)c1ccc(CN2CCN(C(=O)CSc3nnc4ccccn34)CC2)cc1. The van der Waals surface area contributed by atoms with E-state index in [1.54, 1.807) is 0 Å². The molecule has 1 aliphatic heterocycles. The highest BCUT2D eigenvalue weighted by molar-refractivity contribution is 7.99. The van der Waals surface area contributed by atoms with Crippen LogP contribution in [0.15, 0.2) is 53.8 Å². The molecule has 0 aliphatic carbocycles. The zero-order valence-corrected chi connectivity index (χ0v) is 17.8. The Morgan fingerprint density at radius 3 is 2.52 bits per heavy atom. The second-order valence-corrected chi connectivity index (χ2v) is 8.70. The Bertz CT molecular complexity index is 961. The molecule has 152 valence electrons. The molecule has 7 heteroatoms. The van der Waals surface area contributed by atoms with Gasteiger partial charge < -0.3 is 4.90 Å². The molecule has 0 bridgehead atoms. The molecule has 3 aromatic rings. The highest BCUT2D eigenvalue weighted by Gasteiger charge is 2.21. The number of thioether (sulfide) groups is 1. The van der Waals surface area contributed by atoms with E-state index >= 15 is 0 Å². The first-order valence-corrected chi connectivity index (χ1v) is 11.1. The average molecular weight is 410 g/mol. The van der Waals surface area contributed by atoms with Gasteiger partial charge in [-0.15, -0.1) is 10.2 Å². The Balaban J connectivity index is 1.25. The Morgan fingerprint density at radius 1 is 1.03 bits per heavy atom.